The molecule has 2 aromatic rings. The van der Waals surface area contributed by atoms with Gasteiger partial charge in [0, 0.05) is 17.8 Å². The van der Waals surface area contributed by atoms with Crippen LogP contribution in [0.1, 0.15) is 43.0 Å². The predicted molar refractivity (Wildman–Crippen MR) is 116 cm³/mol. The number of unbranched alkanes of at least 4 members (excludes halogenated alkanes) is 1. The quantitative estimate of drug-likeness (QED) is 0.420. The zero-order chi connectivity index (χ0) is 22.5. The Balaban J connectivity index is 1.71. The minimum absolute atomic E-state index is 0.121. The maximum absolute atomic E-state index is 12.1. The van der Waals surface area contributed by atoms with Crippen molar-refractivity contribution in [2.75, 3.05) is 23.8 Å². The molecule has 0 saturated heterocycles. The van der Waals surface area contributed by atoms with Crippen LogP contribution >= 0.6 is 0 Å². The van der Waals surface area contributed by atoms with Crippen LogP contribution in [0.4, 0.5) is 11.4 Å². The molecular formula is C23H26N2O6. The van der Waals surface area contributed by atoms with Crippen molar-refractivity contribution >= 4 is 35.1 Å². The highest BCUT2D eigenvalue weighted by atomic mass is 16.5. The third-order valence-corrected chi connectivity index (χ3v) is 4.09. The van der Waals surface area contributed by atoms with Gasteiger partial charge in [-0.3, -0.25) is 14.4 Å². The lowest BCUT2D eigenvalue weighted by molar-refractivity contribution is -0.147. The summed E-state index contributed by atoms with van der Waals surface area (Å²) in [5.41, 5.74) is 1.35. The topological polar surface area (TPSA) is 111 Å². The predicted octanol–water partition coefficient (Wildman–Crippen LogP) is 3.54. The Labute approximate surface area is 180 Å². The zero-order valence-electron chi connectivity index (χ0n) is 17.4. The van der Waals surface area contributed by atoms with Crippen molar-refractivity contribution in [1.29, 1.82) is 0 Å². The fraction of sp³-hybridized carbons (Fsp3) is 0.304. The van der Waals surface area contributed by atoms with Gasteiger partial charge in [-0.1, -0.05) is 37.6 Å². The van der Waals surface area contributed by atoms with E-state index in [-0.39, 0.29) is 12.8 Å². The molecule has 0 unspecified atom stereocenters. The van der Waals surface area contributed by atoms with E-state index in [0.29, 0.717) is 23.5 Å². The average molecular weight is 426 g/mol. The lowest BCUT2D eigenvalue weighted by atomic mass is 10.2. The first-order chi connectivity index (χ1) is 15.0. The Morgan fingerprint density at radius 2 is 1.52 bits per heavy atom. The Morgan fingerprint density at radius 3 is 2.26 bits per heavy atom. The number of ether oxygens (including phenoxy) is 2. The highest BCUT2D eigenvalue weighted by Crippen LogP contribution is 2.13. The van der Waals surface area contributed by atoms with E-state index in [1.165, 1.54) is 6.07 Å². The standard InChI is InChI=1S/C23H26N2O6/c1-2-3-14-30-23(29)17-8-7-11-19(15-17)25-20(26)12-13-22(28)31-16-21(27)24-18-9-5-4-6-10-18/h4-11,15H,2-3,12-14,16H2,1H3,(H,24,27)(H,25,26). The van der Waals surface area contributed by atoms with Crippen LogP contribution in [0, 0.1) is 0 Å². The molecule has 0 aliphatic rings. The average Bonchev–Trinajstić information content (AvgIpc) is 2.77. The Kier molecular flexibility index (Phi) is 9.74. The lowest BCUT2D eigenvalue weighted by Crippen LogP contribution is -2.21. The van der Waals surface area contributed by atoms with Crippen molar-refractivity contribution in [2.24, 2.45) is 0 Å². The van der Waals surface area contributed by atoms with Gasteiger partial charge in [-0.05, 0) is 36.8 Å². The van der Waals surface area contributed by atoms with Crippen LogP contribution in [0.5, 0.6) is 0 Å². The third kappa shape index (κ3) is 9.12. The van der Waals surface area contributed by atoms with Gasteiger partial charge in [0.1, 0.15) is 0 Å². The summed E-state index contributed by atoms with van der Waals surface area (Å²) in [6.45, 7) is 1.91. The summed E-state index contributed by atoms with van der Waals surface area (Å²) in [5.74, 6) is -2.00. The van der Waals surface area contributed by atoms with E-state index in [1.54, 1.807) is 42.5 Å². The molecule has 0 fully saturated rings. The molecule has 0 bridgehead atoms. The number of anilines is 2. The Bertz CT molecular complexity index is 898. The van der Waals surface area contributed by atoms with E-state index in [0.717, 1.165) is 12.8 Å². The first-order valence-electron chi connectivity index (χ1n) is 10.1. The number of rotatable bonds is 11. The van der Waals surface area contributed by atoms with Gasteiger partial charge in [-0.25, -0.2) is 4.79 Å². The van der Waals surface area contributed by atoms with Gasteiger partial charge in [0.15, 0.2) is 6.61 Å². The van der Waals surface area contributed by atoms with Crippen molar-refractivity contribution in [3.63, 3.8) is 0 Å². The summed E-state index contributed by atoms with van der Waals surface area (Å²) in [6, 6.07) is 15.2. The van der Waals surface area contributed by atoms with Crippen molar-refractivity contribution in [3.05, 3.63) is 60.2 Å². The van der Waals surface area contributed by atoms with Crippen LogP contribution in [0.2, 0.25) is 0 Å². The molecule has 2 amide bonds. The second kappa shape index (κ2) is 12.8. The van der Waals surface area contributed by atoms with Gasteiger partial charge in [0.05, 0.1) is 18.6 Å². The maximum atomic E-state index is 12.1. The summed E-state index contributed by atoms with van der Waals surface area (Å²) in [4.78, 5) is 47.6. The number of hydrogen-bond donors (Lipinski definition) is 2. The molecule has 0 heterocycles. The molecule has 0 radical (unpaired) electrons. The molecule has 8 nitrogen and oxygen atoms in total. The highest BCUT2D eigenvalue weighted by molar-refractivity contribution is 5.96. The first-order valence-corrected chi connectivity index (χ1v) is 10.1. The summed E-state index contributed by atoms with van der Waals surface area (Å²) >= 11 is 0. The monoisotopic (exact) mass is 426 g/mol. The van der Waals surface area contributed by atoms with Crippen LogP contribution in [0.25, 0.3) is 0 Å². The lowest BCUT2D eigenvalue weighted by Gasteiger charge is -2.08. The van der Waals surface area contributed by atoms with E-state index < -0.39 is 30.4 Å². The smallest absolute Gasteiger partial charge is 0.338 e. The van der Waals surface area contributed by atoms with E-state index in [4.69, 9.17) is 9.47 Å². The molecule has 2 aromatic carbocycles. The van der Waals surface area contributed by atoms with Crippen LogP contribution in [-0.2, 0) is 23.9 Å². The number of nitrogens with one attached hydrogen (secondary N) is 2. The minimum Gasteiger partial charge on any atom is -0.462 e. The zero-order valence-corrected chi connectivity index (χ0v) is 17.4. The van der Waals surface area contributed by atoms with Crippen molar-refractivity contribution in [3.8, 4) is 0 Å². The van der Waals surface area contributed by atoms with Crippen LogP contribution in [0.3, 0.4) is 0 Å². The van der Waals surface area contributed by atoms with Gasteiger partial charge in [0.2, 0.25) is 5.91 Å². The summed E-state index contributed by atoms with van der Waals surface area (Å²) < 4.78 is 10.0. The van der Waals surface area contributed by atoms with Gasteiger partial charge < -0.3 is 20.1 Å². The number of para-hydroxylation sites is 1. The Hall–Kier alpha value is -3.68. The summed E-state index contributed by atoms with van der Waals surface area (Å²) in [7, 11) is 0. The molecule has 8 heteroatoms. The molecule has 164 valence electrons. The van der Waals surface area contributed by atoms with Crippen LogP contribution in [0.15, 0.2) is 54.6 Å². The third-order valence-electron chi connectivity index (χ3n) is 4.09. The summed E-state index contributed by atoms with van der Waals surface area (Å²) in [6.07, 6.45) is 1.41. The molecule has 0 aliphatic carbocycles. The van der Waals surface area contributed by atoms with E-state index in [9.17, 15) is 19.2 Å². The molecule has 0 atom stereocenters. The van der Waals surface area contributed by atoms with Gasteiger partial charge >= 0.3 is 11.9 Å². The fourth-order valence-electron chi connectivity index (χ4n) is 2.49. The number of esters is 2. The number of hydrogen-bond acceptors (Lipinski definition) is 6. The second-order valence-electron chi connectivity index (χ2n) is 6.69. The number of carbonyl (C=O) groups excluding carboxylic acids is 4. The van der Waals surface area contributed by atoms with Gasteiger partial charge in [-0.2, -0.15) is 0 Å². The van der Waals surface area contributed by atoms with E-state index >= 15 is 0 Å². The fourth-order valence-corrected chi connectivity index (χ4v) is 2.49. The maximum Gasteiger partial charge on any atom is 0.338 e. The largest absolute Gasteiger partial charge is 0.462 e. The van der Waals surface area contributed by atoms with Crippen LogP contribution < -0.4 is 10.6 Å². The van der Waals surface area contributed by atoms with Crippen LogP contribution in [-0.4, -0.2) is 37.0 Å². The molecule has 0 aromatic heterocycles. The molecular weight excluding hydrogens is 400 g/mol. The highest BCUT2D eigenvalue weighted by Gasteiger charge is 2.12. The second-order valence-corrected chi connectivity index (χ2v) is 6.69. The van der Waals surface area contributed by atoms with Gasteiger partial charge in [0.25, 0.3) is 5.91 Å². The van der Waals surface area contributed by atoms with Crippen molar-refractivity contribution < 1.29 is 28.7 Å². The molecule has 2 rings (SSSR count). The Morgan fingerprint density at radius 1 is 0.806 bits per heavy atom. The molecule has 0 saturated carbocycles. The normalized spacial score (nSPS) is 10.1. The molecule has 0 aliphatic heterocycles. The SMILES string of the molecule is CCCCOC(=O)c1cccc(NC(=O)CCC(=O)OCC(=O)Nc2ccccc2)c1. The first kappa shape index (κ1) is 23.6. The number of benzene rings is 2. The molecule has 31 heavy (non-hydrogen) atoms. The summed E-state index contributed by atoms with van der Waals surface area (Å²) in [5, 5.41) is 5.22. The van der Waals surface area contributed by atoms with Gasteiger partial charge in [-0.15, -0.1) is 0 Å². The molecule has 0 spiro atoms. The number of amides is 2. The number of carbonyl (C=O) groups is 4. The van der Waals surface area contributed by atoms with Crippen molar-refractivity contribution in [1.82, 2.24) is 0 Å². The van der Waals surface area contributed by atoms with E-state index in [2.05, 4.69) is 10.6 Å². The molecule has 2 N–H and O–H groups in total. The van der Waals surface area contributed by atoms with E-state index in [1.807, 2.05) is 13.0 Å². The van der Waals surface area contributed by atoms with Crippen molar-refractivity contribution in [2.45, 2.75) is 32.6 Å². The minimum atomic E-state index is -0.661.